The van der Waals surface area contributed by atoms with Crippen molar-refractivity contribution in [2.75, 3.05) is 26.4 Å². The highest BCUT2D eigenvalue weighted by Gasteiger charge is 2.14. The molecule has 0 aromatic rings. The lowest BCUT2D eigenvalue weighted by molar-refractivity contribution is 0.0880. The predicted octanol–water partition coefficient (Wildman–Crippen LogP) is 1.84. The molecule has 0 aromatic carbocycles. The van der Waals surface area contributed by atoms with Crippen molar-refractivity contribution in [3.8, 4) is 0 Å². The Morgan fingerprint density at radius 2 is 2.45 bits per heavy atom. The lowest BCUT2D eigenvalue weighted by Crippen LogP contribution is -2.09. The quantitative estimate of drug-likeness (QED) is 0.568. The molecular weight excluding hydrogens is 140 g/mol. The lowest BCUT2D eigenvalue weighted by Gasteiger charge is -2.07. The minimum Gasteiger partial charge on any atom is -0.381 e. The molecule has 1 rings (SSSR count). The summed E-state index contributed by atoms with van der Waals surface area (Å²) < 4.78 is 10.7. The molecule has 1 fully saturated rings. The van der Waals surface area contributed by atoms with Gasteiger partial charge in [-0.3, -0.25) is 0 Å². The van der Waals surface area contributed by atoms with Crippen LogP contribution < -0.4 is 0 Å². The summed E-state index contributed by atoms with van der Waals surface area (Å²) in [5, 5.41) is 0. The van der Waals surface area contributed by atoms with E-state index in [1.807, 2.05) is 0 Å². The van der Waals surface area contributed by atoms with E-state index >= 15 is 0 Å². The average Bonchev–Trinajstić information content (AvgIpc) is 2.50. The van der Waals surface area contributed by atoms with Crippen molar-refractivity contribution in [3.05, 3.63) is 0 Å². The normalized spacial score (nSPS) is 24.3. The van der Waals surface area contributed by atoms with E-state index in [0.717, 1.165) is 26.4 Å². The molecule has 66 valence electrons. The van der Waals surface area contributed by atoms with Crippen molar-refractivity contribution in [2.45, 2.75) is 26.2 Å². The molecule has 0 N–H and O–H groups in total. The minimum absolute atomic E-state index is 0.673. The molecule has 0 amide bonds. The van der Waals surface area contributed by atoms with E-state index in [9.17, 15) is 0 Å². The van der Waals surface area contributed by atoms with Crippen molar-refractivity contribution >= 4 is 0 Å². The van der Waals surface area contributed by atoms with Crippen LogP contribution in [0, 0.1) is 5.92 Å². The molecule has 11 heavy (non-hydrogen) atoms. The summed E-state index contributed by atoms with van der Waals surface area (Å²) in [5.41, 5.74) is 0. The fraction of sp³-hybridized carbons (Fsp3) is 1.00. The number of hydrogen-bond acceptors (Lipinski definition) is 2. The Morgan fingerprint density at radius 1 is 1.55 bits per heavy atom. The van der Waals surface area contributed by atoms with E-state index in [0.29, 0.717) is 5.92 Å². The zero-order chi connectivity index (χ0) is 7.94. The fourth-order valence-corrected chi connectivity index (χ4v) is 1.21. The maximum Gasteiger partial charge on any atom is 0.0517 e. The number of ether oxygens (including phenoxy) is 2. The van der Waals surface area contributed by atoms with Gasteiger partial charge in [0.2, 0.25) is 0 Å². The Bertz CT molecular complexity index is 87.6. The SMILES string of the molecule is CCCCOCC1CCOC1. The van der Waals surface area contributed by atoms with E-state index in [-0.39, 0.29) is 0 Å². The zero-order valence-electron chi connectivity index (χ0n) is 7.34. The molecule has 1 unspecified atom stereocenters. The van der Waals surface area contributed by atoms with Gasteiger partial charge in [-0.05, 0) is 12.8 Å². The smallest absolute Gasteiger partial charge is 0.0517 e. The molecule has 2 nitrogen and oxygen atoms in total. The second-order valence-electron chi connectivity index (χ2n) is 3.16. The maximum atomic E-state index is 5.48. The molecule has 2 heteroatoms. The molecule has 1 saturated heterocycles. The van der Waals surface area contributed by atoms with Crippen molar-refractivity contribution in [1.82, 2.24) is 0 Å². The van der Waals surface area contributed by atoms with Crippen LogP contribution in [-0.2, 0) is 9.47 Å². The maximum absolute atomic E-state index is 5.48. The van der Waals surface area contributed by atoms with Crippen LogP contribution in [0.25, 0.3) is 0 Å². The van der Waals surface area contributed by atoms with Crippen LogP contribution in [0.2, 0.25) is 0 Å². The average molecular weight is 158 g/mol. The van der Waals surface area contributed by atoms with Crippen LogP contribution in [0.15, 0.2) is 0 Å². The molecule has 0 spiro atoms. The van der Waals surface area contributed by atoms with Crippen molar-refractivity contribution < 1.29 is 9.47 Å². The van der Waals surface area contributed by atoms with Gasteiger partial charge >= 0.3 is 0 Å². The van der Waals surface area contributed by atoms with E-state index < -0.39 is 0 Å². The topological polar surface area (TPSA) is 18.5 Å². The Morgan fingerprint density at radius 3 is 3.09 bits per heavy atom. The van der Waals surface area contributed by atoms with Crippen molar-refractivity contribution in [2.24, 2.45) is 5.92 Å². The fourth-order valence-electron chi connectivity index (χ4n) is 1.21. The zero-order valence-corrected chi connectivity index (χ0v) is 7.34. The molecule has 1 heterocycles. The highest BCUT2D eigenvalue weighted by molar-refractivity contribution is 4.62. The van der Waals surface area contributed by atoms with Crippen molar-refractivity contribution in [3.63, 3.8) is 0 Å². The van der Waals surface area contributed by atoms with Gasteiger partial charge in [-0.1, -0.05) is 13.3 Å². The first-order valence-corrected chi connectivity index (χ1v) is 4.59. The van der Waals surface area contributed by atoms with Gasteiger partial charge in [0, 0.05) is 19.1 Å². The molecule has 0 saturated carbocycles. The summed E-state index contributed by atoms with van der Waals surface area (Å²) in [5.74, 6) is 0.673. The van der Waals surface area contributed by atoms with Gasteiger partial charge in [0.05, 0.1) is 13.2 Å². The molecule has 0 bridgehead atoms. The second kappa shape index (κ2) is 5.56. The Balaban J connectivity index is 1.86. The summed E-state index contributed by atoms with van der Waals surface area (Å²) in [4.78, 5) is 0. The minimum atomic E-state index is 0.673. The van der Waals surface area contributed by atoms with Crippen LogP contribution in [0.1, 0.15) is 26.2 Å². The summed E-state index contributed by atoms with van der Waals surface area (Å²) in [6.45, 7) is 5.85. The molecule has 0 aromatic heterocycles. The summed E-state index contributed by atoms with van der Waals surface area (Å²) in [6.07, 6.45) is 3.60. The number of unbranched alkanes of at least 4 members (excludes halogenated alkanes) is 1. The Labute approximate surface area is 68.9 Å². The van der Waals surface area contributed by atoms with Gasteiger partial charge in [-0.15, -0.1) is 0 Å². The molecule has 0 aliphatic carbocycles. The molecule has 1 atom stereocenters. The van der Waals surface area contributed by atoms with Gasteiger partial charge in [0.1, 0.15) is 0 Å². The van der Waals surface area contributed by atoms with E-state index in [2.05, 4.69) is 6.92 Å². The monoisotopic (exact) mass is 158 g/mol. The first kappa shape index (κ1) is 9.01. The van der Waals surface area contributed by atoms with Crippen LogP contribution in [0.3, 0.4) is 0 Å². The van der Waals surface area contributed by atoms with Crippen LogP contribution in [0.5, 0.6) is 0 Å². The second-order valence-corrected chi connectivity index (χ2v) is 3.16. The standard InChI is InChI=1S/C9H18O2/c1-2-3-5-10-7-9-4-6-11-8-9/h9H,2-8H2,1H3. The summed E-state index contributed by atoms with van der Waals surface area (Å²) >= 11 is 0. The first-order valence-electron chi connectivity index (χ1n) is 4.59. The van der Waals surface area contributed by atoms with E-state index in [4.69, 9.17) is 9.47 Å². The Hall–Kier alpha value is -0.0800. The molecule has 1 aliphatic rings. The molecule has 0 radical (unpaired) electrons. The van der Waals surface area contributed by atoms with Crippen LogP contribution in [-0.4, -0.2) is 26.4 Å². The number of hydrogen-bond donors (Lipinski definition) is 0. The highest BCUT2D eigenvalue weighted by atomic mass is 16.5. The first-order chi connectivity index (χ1) is 5.43. The largest absolute Gasteiger partial charge is 0.381 e. The predicted molar refractivity (Wildman–Crippen MR) is 44.7 cm³/mol. The number of rotatable bonds is 5. The van der Waals surface area contributed by atoms with E-state index in [1.54, 1.807) is 0 Å². The van der Waals surface area contributed by atoms with Gasteiger partial charge in [0.25, 0.3) is 0 Å². The van der Waals surface area contributed by atoms with Gasteiger partial charge < -0.3 is 9.47 Å². The molecular formula is C9H18O2. The lowest BCUT2D eigenvalue weighted by atomic mass is 10.1. The third kappa shape index (κ3) is 3.73. The molecule has 1 aliphatic heterocycles. The van der Waals surface area contributed by atoms with Gasteiger partial charge in [-0.2, -0.15) is 0 Å². The van der Waals surface area contributed by atoms with Crippen LogP contribution >= 0.6 is 0 Å². The highest BCUT2D eigenvalue weighted by Crippen LogP contribution is 2.12. The van der Waals surface area contributed by atoms with Gasteiger partial charge in [0.15, 0.2) is 0 Å². The third-order valence-electron chi connectivity index (χ3n) is 2.02. The summed E-state index contributed by atoms with van der Waals surface area (Å²) in [7, 11) is 0. The summed E-state index contributed by atoms with van der Waals surface area (Å²) in [6, 6.07) is 0. The Kier molecular flexibility index (Phi) is 4.55. The van der Waals surface area contributed by atoms with Crippen LogP contribution in [0.4, 0.5) is 0 Å². The van der Waals surface area contributed by atoms with Crippen molar-refractivity contribution in [1.29, 1.82) is 0 Å². The van der Waals surface area contributed by atoms with E-state index in [1.165, 1.54) is 19.3 Å². The van der Waals surface area contributed by atoms with Gasteiger partial charge in [-0.25, -0.2) is 0 Å². The third-order valence-corrected chi connectivity index (χ3v) is 2.02.